The Hall–Kier alpha value is -1.62. The Morgan fingerprint density at radius 3 is 2.83 bits per heavy atom. The Balaban J connectivity index is 2.19. The Morgan fingerprint density at radius 1 is 1.56 bits per heavy atom. The van der Waals surface area contributed by atoms with Crippen LogP contribution in [0.15, 0.2) is 12.1 Å². The maximum Gasteiger partial charge on any atom is 0.251 e. The van der Waals surface area contributed by atoms with Crippen LogP contribution < -0.4 is 11.1 Å². The monoisotopic (exact) mass is 252 g/mol. The summed E-state index contributed by atoms with van der Waals surface area (Å²) in [7, 11) is 0. The lowest BCUT2D eigenvalue weighted by molar-refractivity contribution is 0.0889. The maximum absolute atomic E-state index is 13.5. The SMILES string of the molecule is Cc1c(N)cc(C(=O)NC2(C)CCOC2)cc1F. The summed E-state index contributed by atoms with van der Waals surface area (Å²) in [6.07, 6.45) is 0.753. The van der Waals surface area contributed by atoms with Gasteiger partial charge in [-0.15, -0.1) is 0 Å². The second-order valence-corrected chi connectivity index (χ2v) is 4.99. The molecular weight excluding hydrogens is 235 g/mol. The van der Waals surface area contributed by atoms with E-state index in [0.29, 0.717) is 18.8 Å². The number of hydrogen-bond acceptors (Lipinski definition) is 3. The van der Waals surface area contributed by atoms with Crippen molar-refractivity contribution in [1.82, 2.24) is 5.32 Å². The lowest BCUT2D eigenvalue weighted by atomic mass is 10.0. The van der Waals surface area contributed by atoms with E-state index in [1.54, 1.807) is 6.92 Å². The zero-order valence-electron chi connectivity index (χ0n) is 10.5. The van der Waals surface area contributed by atoms with Crippen molar-refractivity contribution >= 4 is 11.6 Å². The fraction of sp³-hybridized carbons (Fsp3) is 0.462. The van der Waals surface area contributed by atoms with Crippen molar-refractivity contribution in [3.05, 3.63) is 29.1 Å². The van der Waals surface area contributed by atoms with Gasteiger partial charge >= 0.3 is 0 Å². The molecule has 1 aromatic carbocycles. The van der Waals surface area contributed by atoms with Crippen LogP contribution in [0.3, 0.4) is 0 Å². The number of anilines is 1. The van der Waals surface area contributed by atoms with Crippen molar-refractivity contribution in [2.45, 2.75) is 25.8 Å². The molecule has 18 heavy (non-hydrogen) atoms. The second kappa shape index (κ2) is 4.57. The number of benzene rings is 1. The molecule has 1 aliphatic heterocycles. The molecular formula is C13H17FN2O2. The predicted octanol–water partition coefficient (Wildman–Crippen LogP) is 1.63. The molecule has 0 saturated carbocycles. The van der Waals surface area contributed by atoms with Crippen LogP contribution >= 0.6 is 0 Å². The van der Waals surface area contributed by atoms with Gasteiger partial charge in [0.15, 0.2) is 0 Å². The van der Waals surface area contributed by atoms with Gasteiger partial charge in [-0.2, -0.15) is 0 Å². The molecule has 1 unspecified atom stereocenters. The largest absolute Gasteiger partial charge is 0.398 e. The maximum atomic E-state index is 13.5. The summed E-state index contributed by atoms with van der Waals surface area (Å²) < 4.78 is 18.8. The zero-order valence-corrected chi connectivity index (χ0v) is 10.5. The van der Waals surface area contributed by atoms with E-state index >= 15 is 0 Å². The molecule has 0 aromatic heterocycles. The lowest BCUT2D eigenvalue weighted by Crippen LogP contribution is -2.46. The quantitative estimate of drug-likeness (QED) is 0.786. The minimum absolute atomic E-state index is 0.240. The summed E-state index contributed by atoms with van der Waals surface area (Å²) in [5.74, 6) is -0.790. The number of amides is 1. The molecule has 3 N–H and O–H groups in total. The van der Waals surface area contributed by atoms with Crippen LogP contribution in [0, 0.1) is 12.7 Å². The molecule has 4 nitrogen and oxygen atoms in total. The highest BCUT2D eigenvalue weighted by atomic mass is 19.1. The molecule has 0 spiro atoms. The molecule has 1 saturated heterocycles. The minimum atomic E-state index is -0.465. The Kier molecular flexibility index (Phi) is 3.26. The Bertz CT molecular complexity index is 459. The van der Waals surface area contributed by atoms with Gasteiger partial charge in [-0.1, -0.05) is 0 Å². The van der Waals surface area contributed by atoms with E-state index in [9.17, 15) is 9.18 Å². The van der Waals surface area contributed by atoms with E-state index in [0.717, 1.165) is 6.42 Å². The number of nitrogen functional groups attached to an aromatic ring is 1. The standard InChI is InChI=1S/C13H17FN2O2/c1-8-10(14)5-9(6-11(8)15)12(17)16-13(2)3-4-18-7-13/h5-6H,3-4,7,15H2,1-2H3,(H,16,17). The summed E-state index contributed by atoms with van der Waals surface area (Å²) in [5.41, 5.74) is 6.16. The van der Waals surface area contributed by atoms with Crippen LogP contribution in [-0.2, 0) is 4.74 Å². The Morgan fingerprint density at radius 2 is 2.28 bits per heavy atom. The summed E-state index contributed by atoms with van der Waals surface area (Å²) in [6, 6.07) is 2.70. The third-order valence-corrected chi connectivity index (χ3v) is 3.28. The topological polar surface area (TPSA) is 64.4 Å². The highest BCUT2D eigenvalue weighted by Crippen LogP contribution is 2.21. The van der Waals surface area contributed by atoms with E-state index in [1.165, 1.54) is 12.1 Å². The van der Waals surface area contributed by atoms with Crippen LogP contribution in [0.5, 0.6) is 0 Å². The average Bonchev–Trinajstić information content (AvgIpc) is 2.71. The zero-order chi connectivity index (χ0) is 13.3. The first-order valence-corrected chi connectivity index (χ1v) is 5.87. The van der Waals surface area contributed by atoms with Crippen LogP contribution in [0.2, 0.25) is 0 Å². The fourth-order valence-corrected chi connectivity index (χ4v) is 1.94. The number of nitrogens with two attached hydrogens (primary N) is 1. The average molecular weight is 252 g/mol. The number of ether oxygens (including phenoxy) is 1. The number of carbonyl (C=O) groups is 1. The molecule has 2 rings (SSSR count). The fourth-order valence-electron chi connectivity index (χ4n) is 1.94. The van der Waals surface area contributed by atoms with Crippen LogP contribution in [0.4, 0.5) is 10.1 Å². The van der Waals surface area contributed by atoms with Crippen molar-refractivity contribution in [2.75, 3.05) is 18.9 Å². The summed E-state index contributed by atoms with van der Waals surface area (Å²) >= 11 is 0. The van der Waals surface area contributed by atoms with Crippen molar-refractivity contribution < 1.29 is 13.9 Å². The molecule has 5 heteroatoms. The molecule has 0 aliphatic carbocycles. The molecule has 1 aromatic rings. The van der Waals surface area contributed by atoms with Gasteiger partial charge in [-0.25, -0.2) is 4.39 Å². The summed E-state index contributed by atoms with van der Waals surface area (Å²) in [6.45, 7) is 4.59. The third kappa shape index (κ3) is 2.46. The number of carbonyl (C=O) groups excluding carboxylic acids is 1. The molecule has 1 atom stereocenters. The van der Waals surface area contributed by atoms with Crippen molar-refractivity contribution in [1.29, 1.82) is 0 Å². The summed E-state index contributed by atoms with van der Waals surface area (Å²) in [5, 5.41) is 2.86. The number of rotatable bonds is 2. The second-order valence-electron chi connectivity index (χ2n) is 4.99. The third-order valence-electron chi connectivity index (χ3n) is 3.28. The van der Waals surface area contributed by atoms with E-state index in [4.69, 9.17) is 10.5 Å². The van der Waals surface area contributed by atoms with E-state index < -0.39 is 5.82 Å². The van der Waals surface area contributed by atoms with Gasteiger partial charge in [0.25, 0.3) is 5.91 Å². The molecule has 0 radical (unpaired) electrons. The van der Waals surface area contributed by atoms with Gasteiger partial charge in [0.2, 0.25) is 0 Å². The first kappa shape index (κ1) is 12.8. The first-order chi connectivity index (χ1) is 8.41. The van der Waals surface area contributed by atoms with Crippen molar-refractivity contribution in [3.8, 4) is 0 Å². The van der Waals surface area contributed by atoms with Crippen LogP contribution in [-0.4, -0.2) is 24.7 Å². The van der Waals surface area contributed by atoms with Gasteiger partial charge in [0.1, 0.15) is 5.82 Å². The number of halogens is 1. The Labute approximate surface area is 105 Å². The predicted molar refractivity (Wildman–Crippen MR) is 66.9 cm³/mol. The van der Waals surface area contributed by atoms with Crippen molar-refractivity contribution in [2.24, 2.45) is 0 Å². The molecule has 1 aliphatic rings. The highest BCUT2D eigenvalue weighted by molar-refractivity contribution is 5.95. The van der Waals surface area contributed by atoms with Gasteiger partial charge < -0.3 is 15.8 Å². The van der Waals surface area contributed by atoms with Gasteiger partial charge in [-0.05, 0) is 32.4 Å². The minimum Gasteiger partial charge on any atom is -0.398 e. The number of hydrogen-bond donors (Lipinski definition) is 2. The van der Waals surface area contributed by atoms with Crippen molar-refractivity contribution in [3.63, 3.8) is 0 Å². The first-order valence-electron chi connectivity index (χ1n) is 5.87. The number of nitrogens with one attached hydrogen (secondary N) is 1. The molecule has 98 valence electrons. The molecule has 1 heterocycles. The lowest BCUT2D eigenvalue weighted by Gasteiger charge is -2.23. The molecule has 0 bridgehead atoms. The van der Waals surface area contributed by atoms with Gasteiger partial charge in [0.05, 0.1) is 12.1 Å². The highest BCUT2D eigenvalue weighted by Gasteiger charge is 2.31. The molecule has 1 fully saturated rings. The van der Waals surface area contributed by atoms with E-state index in [-0.39, 0.29) is 22.7 Å². The van der Waals surface area contributed by atoms with Gasteiger partial charge in [0, 0.05) is 23.4 Å². The molecule has 1 amide bonds. The van der Waals surface area contributed by atoms with E-state index in [1.807, 2.05) is 6.92 Å². The van der Waals surface area contributed by atoms with E-state index in [2.05, 4.69) is 5.32 Å². The van der Waals surface area contributed by atoms with Gasteiger partial charge in [-0.3, -0.25) is 4.79 Å². The van der Waals surface area contributed by atoms with Crippen LogP contribution in [0.25, 0.3) is 0 Å². The summed E-state index contributed by atoms with van der Waals surface area (Å²) in [4.78, 5) is 12.0. The smallest absolute Gasteiger partial charge is 0.251 e. The normalized spacial score (nSPS) is 23.1. The van der Waals surface area contributed by atoms with Crippen LogP contribution in [0.1, 0.15) is 29.3 Å².